The normalized spacial score (nSPS) is 26.1. The van der Waals surface area contributed by atoms with E-state index < -0.39 is 0 Å². The van der Waals surface area contributed by atoms with Crippen molar-refractivity contribution in [1.29, 1.82) is 0 Å². The van der Waals surface area contributed by atoms with Gasteiger partial charge in [-0.05, 0) is 36.1 Å². The smallest absolute Gasteiger partial charge is 0.0452 e. The van der Waals surface area contributed by atoms with E-state index in [2.05, 4.69) is 11.8 Å². The average Bonchev–Trinajstić information content (AvgIpc) is 2.22. The number of hydrogen-bond donors (Lipinski definition) is 1. The third-order valence-electron chi connectivity index (χ3n) is 3.17. The van der Waals surface area contributed by atoms with Crippen molar-refractivity contribution < 1.29 is 0 Å². The molecule has 2 unspecified atom stereocenters. The highest BCUT2D eigenvalue weighted by atomic mass is 35.5. The quantitative estimate of drug-likeness (QED) is 0.896. The second-order valence-electron chi connectivity index (χ2n) is 5.03. The number of piperidine rings is 1. The Kier molecular flexibility index (Phi) is 4.31. The van der Waals surface area contributed by atoms with E-state index in [0.717, 1.165) is 41.7 Å². The summed E-state index contributed by atoms with van der Waals surface area (Å²) in [5.41, 5.74) is 7.12. The van der Waals surface area contributed by atoms with Gasteiger partial charge >= 0.3 is 0 Å². The fraction of sp³-hybridized carbons (Fsp3) is 0.538. The van der Waals surface area contributed by atoms with Gasteiger partial charge in [-0.3, -0.25) is 4.90 Å². The van der Waals surface area contributed by atoms with E-state index in [1.807, 2.05) is 18.2 Å². The molecule has 2 atom stereocenters. The zero-order valence-corrected chi connectivity index (χ0v) is 11.5. The topological polar surface area (TPSA) is 29.3 Å². The Morgan fingerprint density at radius 2 is 2.12 bits per heavy atom. The molecule has 94 valence electrons. The molecule has 2 nitrogen and oxygen atoms in total. The van der Waals surface area contributed by atoms with E-state index in [4.69, 9.17) is 28.9 Å². The average molecular weight is 273 g/mol. The Hall–Kier alpha value is -0.280. The third kappa shape index (κ3) is 3.59. The number of rotatable bonds is 2. The summed E-state index contributed by atoms with van der Waals surface area (Å²) in [6.07, 6.45) is 1.11. The predicted molar refractivity (Wildman–Crippen MR) is 73.5 cm³/mol. The molecule has 2 rings (SSSR count). The first-order valence-corrected chi connectivity index (χ1v) is 6.72. The van der Waals surface area contributed by atoms with Crippen LogP contribution in [0.15, 0.2) is 18.2 Å². The summed E-state index contributed by atoms with van der Waals surface area (Å²) in [6, 6.07) is 5.89. The molecule has 0 saturated carbocycles. The number of likely N-dealkylation sites (tertiary alicyclic amines) is 1. The van der Waals surface area contributed by atoms with Gasteiger partial charge in [-0.1, -0.05) is 30.1 Å². The first-order valence-electron chi connectivity index (χ1n) is 5.96. The molecule has 1 aromatic carbocycles. The SMILES string of the molecule is CC1CC(N)CN(Cc2cc(Cl)ccc2Cl)C1. The van der Waals surface area contributed by atoms with Crippen LogP contribution in [0, 0.1) is 5.92 Å². The fourth-order valence-corrected chi connectivity index (χ4v) is 2.92. The van der Waals surface area contributed by atoms with Gasteiger partial charge in [0.15, 0.2) is 0 Å². The molecule has 1 fully saturated rings. The Morgan fingerprint density at radius 1 is 1.35 bits per heavy atom. The summed E-state index contributed by atoms with van der Waals surface area (Å²) in [6.45, 7) is 5.09. The van der Waals surface area contributed by atoms with Crippen LogP contribution in [0.5, 0.6) is 0 Å². The second kappa shape index (κ2) is 5.57. The van der Waals surface area contributed by atoms with Crippen molar-refractivity contribution in [3.8, 4) is 0 Å². The van der Waals surface area contributed by atoms with Crippen LogP contribution in [0.4, 0.5) is 0 Å². The molecule has 17 heavy (non-hydrogen) atoms. The maximum atomic E-state index is 6.17. The zero-order valence-electron chi connectivity index (χ0n) is 10.00. The van der Waals surface area contributed by atoms with E-state index >= 15 is 0 Å². The Morgan fingerprint density at radius 3 is 2.82 bits per heavy atom. The minimum absolute atomic E-state index is 0.275. The molecule has 1 saturated heterocycles. The van der Waals surface area contributed by atoms with Gasteiger partial charge < -0.3 is 5.73 Å². The maximum absolute atomic E-state index is 6.17. The highest BCUT2D eigenvalue weighted by molar-refractivity contribution is 6.33. The molecule has 2 N–H and O–H groups in total. The predicted octanol–water partition coefficient (Wildman–Crippen LogP) is 3.16. The number of nitrogens with two attached hydrogens (primary N) is 1. The van der Waals surface area contributed by atoms with Crippen LogP contribution in [0.25, 0.3) is 0 Å². The van der Waals surface area contributed by atoms with Gasteiger partial charge in [0.25, 0.3) is 0 Å². The van der Waals surface area contributed by atoms with Crippen LogP contribution < -0.4 is 5.73 Å². The number of halogens is 2. The molecule has 1 aliphatic rings. The maximum Gasteiger partial charge on any atom is 0.0452 e. The highest BCUT2D eigenvalue weighted by Gasteiger charge is 2.22. The standard InChI is InChI=1S/C13H18Cl2N2/c1-9-4-12(16)8-17(6-9)7-10-5-11(14)2-3-13(10)15/h2-3,5,9,12H,4,6-8,16H2,1H3. The van der Waals surface area contributed by atoms with Crippen LogP contribution in [0.1, 0.15) is 18.9 Å². The lowest BCUT2D eigenvalue weighted by Crippen LogP contribution is -2.45. The zero-order chi connectivity index (χ0) is 12.4. The Bertz CT molecular complexity index is 385. The molecular formula is C13H18Cl2N2. The summed E-state index contributed by atoms with van der Waals surface area (Å²) in [5, 5.41) is 1.51. The molecule has 0 aliphatic carbocycles. The lowest BCUT2D eigenvalue weighted by molar-refractivity contribution is 0.158. The second-order valence-corrected chi connectivity index (χ2v) is 5.87. The number of hydrogen-bond acceptors (Lipinski definition) is 2. The summed E-state index contributed by atoms with van der Waals surface area (Å²) >= 11 is 12.2. The van der Waals surface area contributed by atoms with Gasteiger partial charge in [0.2, 0.25) is 0 Å². The van der Waals surface area contributed by atoms with Gasteiger partial charge in [-0.15, -0.1) is 0 Å². The Labute approximate surface area is 113 Å². The van der Waals surface area contributed by atoms with E-state index in [-0.39, 0.29) is 6.04 Å². The monoisotopic (exact) mass is 272 g/mol. The van der Waals surface area contributed by atoms with Gasteiger partial charge in [0, 0.05) is 35.7 Å². The van der Waals surface area contributed by atoms with Crippen molar-refractivity contribution >= 4 is 23.2 Å². The van der Waals surface area contributed by atoms with Crippen molar-refractivity contribution in [3.05, 3.63) is 33.8 Å². The van der Waals surface area contributed by atoms with Gasteiger partial charge in [0.05, 0.1) is 0 Å². The molecule has 0 spiro atoms. The largest absolute Gasteiger partial charge is 0.327 e. The van der Waals surface area contributed by atoms with Crippen LogP contribution in [-0.2, 0) is 6.54 Å². The molecule has 1 heterocycles. The van der Waals surface area contributed by atoms with Crippen LogP contribution in [0.3, 0.4) is 0 Å². The van der Waals surface area contributed by atoms with Crippen LogP contribution in [-0.4, -0.2) is 24.0 Å². The first-order chi connectivity index (χ1) is 8.04. The minimum atomic E-state index is 0.275. The van der Waals surface area contributed by atoms with E-state index in [0.29, 0.717) is 5.92 Å². The number of nitrogens with zero attached hydrogens (tertiary/aromatic N) is 1. The van der Waals surface area contributed by atoms with Crippen molar-refractivity contribution in [2.75, 3.05) is 13.1 Å². The van der Waals surface area contributed by atoms with Gasteiger partial charge in [0.1, 0.15) is 0 Å². The number of benzene rings is 1. The summed E-state index contributed by atoms with van der Waals surface area (Å²) < 4.78 is 0. The van der Waals surface area contributed by atoms with E-state index in [1.54, 1.807) is 0 Å². The highest BCUT2D eigenvalue weighted by Crippen LogP contribution is 2.24. The minimum Gasteiger partial charge on any atom is -0.327 e. The Balaban J connectivity index is 2.07. The summed E-state index contributed by atoms with van der Waals surface area (Å²) in [4.78, 5) is 2.36. The lowest BCUT2D eigenvalue weighted by Gasteiger charge is -2.34. The van der Waals surface area contributed by atoms with Gasteiger partial charge in [-0.25, -0.2) is 0 Å². The molecule has 1 aromatic rings. The van der Waals surface area contributed by atoms with Gasteiger partial charge in [-0.2, -0.15) is 0 Å². The van der Waals surface area contributed by atoms with Crippen molar-refractivity contribution in [2.45, 2.75) is 25.9 Å². The van der Waals surface area contributed by atoms with Crippen LogP contribution in [0.2, 0.25) is 10.0 Å². The molecular weight excluding hydrogens is 255 g/mol. The van der Waals surface area contributed by atoms with Crippen molar-refractivity contribution in [2.24, 2.45) is 11.7 Å². The third-order valence-corrected chi connectivity index (χ3v) is 3.77. The molecule has 1 aliphatic heterocycles. The van der Waals surface area contributed by atoms with Crippen molar-refractivity contribution in [1.82, 2.24) is 4.90 Å². The molecule has 4 heteroatoms. The summed E-state index contributed by atoms with van der Waals surface area (Å²) in [7, 11) is 0. The first kappa shape index (κ1) is 13.2. The van der Waals surface area contributed by atoms with E-state index in [9.17, 15) is 0 Å². The fourth-order valence-electron chi connectivity index (χ4n) is 2.55. The molecule has 0 amide bonds. The summed E-state index contributed by atoms with van der Waals surface area (Å²) in [5.74, 6) is 0.650. The molecule has 0 aromatic heterocycles. The van der Waals surface area contributed by atoms with E-state index in [1.165, 1.54) is 0 Å². The van der Waals surface area contributed by atoms with Crippen molar-refractivity contribution in [3.63, 3.8) is 0 Å². The molecule has 0 bridgehead atoms. The molecule has 0 radical (unpaired) electrons. The van der Waals surface area contributed by atoms with Crippen LogP contribution >= 0.6 is 23.2 Å². The lowest BCUT2D eigenvalue weighted by atomic mass is 9.96.